The monoisotopic (exact) mass is 324 g/mol. The van der Waals surface area contributed by atoms with E-state index in [0.29, 0.717) is 12.8 Å². The topological polar surface area (TPSA) is 71.3 Å². The Morgan fingerprint density at radius 1 is 1.30 bits per heavy atom. The van der Waals surface area contributed by atoms with Gasteiger partial charge in [0, 0.05) is 5.56 Å². The molecule has 0 atom stereocenters. The molecule has 0 radical (unpaired) electrons. The summed E-state index contributed by atoms with van der Waals surface area (Å²) in [6.45, 7) is -2.98. The van der Waals surface area contributed by atoms with Crippen LogP contribution >= 0.6 is 0 Å². The van der Waals surface area contributed by atoms with E-state index in [4.69, 9.17) is 4.74 Å². The van der Waals surface area contributed by atoms with E-state index in [9.17, 15) is 18.8 Å². The van der Waals surface area contributed by atoms with Crippen LogP contribution in [0.5, 0.6) is 11.5 Å². The normalized spacial score (nSPS) is 16.5. The van der Waals surface area contributed by atoms with Crippen molar-refractivity contribution in [3.8, 4) is 17.6 Å². The maximum absolute atomic E-state index is 12.4. The van der Waals surface area contributed by atoms with Crippen LogP contribution in [0.2, 0.25) is 0 Å². The quantitative estimate of drug-likeness (QED) is 0.902. The Balaban J connectivity index is 2.17. The molecule has 0 bridgehead atoms. The molecule has 0 spiro atoms. The fraction of sp³-hybridized carbons (Fsp3) is 0.500. The summed E-state index contributed by atoms with van der Waals surface area (Å²) in [7, 11) is 1.30. The molecule has 23 heavy (non-hydrogen) atoms. The van der Waals surface area contributed by atoms with Crippen molar-refractivity contribution in [2.24, 2.45) is 0 Å². The number of rotatable bonds is 5. The highest BCUT2D eigenvalue weighted by Crippen LogP contribution is 2.31. The van der Waals surface area contributed by atoms with Crippen LogP contribution in [0.3, 0.4) is 0 Å². The van der Waals surface area contributed by atoms with Gasteiger partial charge in [0.25, 0.3) is 5.91 Å². The average Bonchev–Trinajstić information content (AvgIpc) is 2.55. The predicted molar refractivity (Wildman–Crippen MR) is 78.5 cm³/mol. The number of methoxy groups -OCH3 is 1. The van der Waals surface area contributed by atoms with Gasteiger partial charge in [-0.15, -0.1) is 0 Å². The summed E-state index contributed by atoms with van der Waals surface area (Å²) in [5.41, 5.74) is -0.635. The number of halogens is 2. The Bertz CT molecular complexity index is 608. The maximum atomic E-state index is 12.4. The van der Waals surface area contributed by atoms with E-state index < -0.39 is 18.1 Å². The Morgan fingerprint density at radius 2 is 2.00 bits per heavy atom. The summed E-state index contributed by atoms with van der Waals surface area (Å²) in [4.78, 5) is 12.4. The number of nitrogens with one attached hydrogen (secondary N) is 1. The standard InChI is InChI=1S/C16H18F2N2O3/c1-22-13-9-11(5-6-12(13)23-15(17)18)14(21)20-16(10-19)7-3-2-4-8-16/h5-6,9,15H,2-4,7-8H2,1H3,(H,20,21). The number of carbonyl (C=O) groups excluding carboxylic acids is 1. The molecule has 2 rings (SSSR count). The SMILES string of the molecule is COc1cc(C(=O)NC2(C#N)CCCCC2)ccc1OC(F)F. The Labute approximate surface area is 133 Å². The molecular formula is C16H18F2N2O3. The van der Waals surface area contributed by atoms with Crippen molar-refractivity contribution in [1.82, 2.24) is 5.32 Å². The van der Waals surface area contributed by atoms with Crippen LogP contribution in [-0.2, 0) is 0 Å². The number of benzene rings is 1. The first-order chi connectivity index (χ1) is 11.0. The zero-order chi connectivity index (χ0) is 16.9. The van der Waals surface area contributed by atoms with Gasteiger partial charge in [-0.3, -0.25) is 4.79 Å². The lowest BCUT2D eigenvalue weighted by Crippen LogP contribution is -2.48. The van der Waals surface area contributed by atoms with Gasteiger partial charge in [0.1, 0.15) is 5.54 Å². The Morgan fingerprint density at radius 3 is 2.57 bits per heavy atom. The first-order valence-corrected chi connectivity index (χ1v) is 7.36. The van der Waals surface area contributed by atoms with Gasteiger partial charge in [0.05, 0.1) is 13.2 Å². The van der Waals surface area contributed by atoms with E-state index in [1.54, 1.807) is 0 Å². The number of ether oxygens (including phenoxy) is 2. The summed E-state index contributed by atoms with van der Waals surface area (Å²) in [6, 6.07) is 6.13. The number of nitriles is 1. The number of hydrogen-bond acceptors (Lipinski definition) is 4. The van der Waals surface area contributed by atoms with Crippen molar-refractivity contribution >= 4 is 5.91 Å². The molecular weight excluding hydrogens is 306 g/mol. The lowest BCUT2D eigenvalue weighted by Gasteiger charge is -2.31. The largest absolute Gasteiger partial charge is 0.493 e. The third-order valence-electron chi connectivity index (χ3n) is 3.92. The second kappa shape index (κ2) is 7.27. The lowest BCUT2D eigenvalue weighted by atomic mass is 9.82. The number of alkyl halides is 2. The zero-order valence-electron chi connectivity index (χ0n) is 12.8. The highest BCUT2D eigenvalue weighted by atomic mass is 19.3. The number of hydrogen-bond donors (Lipinski definition) is 1. The zero-order valence-corrected chi connectivity index (χ0v) is 12.8. The van der Waals surface area contributed by atoms with Gasteiger partial charge in [0.2, 0.25) is 0 Å². The molecule has 124 valence electrons. The van der Waals surface area contributed by atoms with Gasteiger partial charge in [-0.1, -0.05) is 19.3 Å². The molecule has 0 unspecified atom stereocenters. The molecule has 1 aliphatic rings. The smallest absolute Gasteiger partial charge is 0.387 e. The molecule has 0 saturated heterocycles. The molecule has 1 saturated carbocycles. The summed E-state index contributed by atoms with van der Waals surface area (Å²) in [5.74, 6) is -0.547. The maximum Gasteiger partial charge on any atom is 0.387 e. The average molecular weight is 324 g/mol. The molecule has 0 heterocycles. The molecule has 7 heteroatoms. The molecule has 5 nitrogen and oxygen atoms in total. The fourth-order valence-corrected chi connectivity index (χ4v) is 2.71. The molecule has 1 fully saturated rings. The first-order valence-electron chi connectivity index (χ1n) is 7.36. The van der Waals surface area contributed by atoms with E-state index in [2.05, 4.69) is 16.1 Å². The highest BCUT2D eigenvalue weighted by Gasteiger charge is 2.34. The molecule has 1 N–H and O–H groups in total. The molecule has 1 aromatic carbocycles. The van der Waals surface area contributed by atoms with Crippen LogP contribution in [0.25, 0.3) is 0 Å². The van der Waals surface area contributed by atoms with Gasteiger partial charge in [-0.05, 0) is 31.0 Å². The predicted octanol–water partition coefficient (Wildman–Crippen LogP) is 3.25. The summed E-state index contributed by atoms with van der Waals surface area (Å²) in [5, 5.41) is 12.2. The van der Waals surface area contributed by atoms with Crippen molar-refractivity contribution in [2.75, 3.05) is 7.11 Å². The second-order valence-electron chi connectivity index (χ2n) is 5.45. The van der Waals surface area contributed by atoms with Crippen molar-refractivity contribution < 1.29 is 23.0 Å². The summed E-state index contributed by atoms with van der Waals surface area (Å²) in [6.07, 6.45) is 4.04. The molecule has 1 aromatic rings. The Kier molecular flexibility index (Phi) is 5.37. The lowest BCUT2D eigenvalue weighted by molar-refractivity contribution is -0.0512. The highest BCUT2D eigenvalue weighted by molar-refractivity contribution is 5.95. The first kappa shape index (κ1) is 17.0. The van der Waals surface area contributed by atoms with Gasteiger partial charge >= 0.3 is 6.61 Å². The van der Waals surface area contributed by atoms with Crippen LogP contribution in [0.1, 0.15) is 42.5 Å². The van der Waals surface area contributed by atoms with E-state index in [0.717, 1.165) is 19.3 Å². The van der Waals surface area contributed by atoms with E-state index in [-0.39, 0.29) is 17.1 Å². The second-order valence-corrected chi connectivity index (χ2v) is 5.45. The van der Waals surface area contributed by atoms with Crippen molar-refractivity contribution in [3.63, 3.8) is 0 Å². The summed E-state index contributed by atoms with van der Waals surface area (Å²) < 4.78 is 33.9. The van der Waals surface area contributed by atoms with Crippen molar-refractivity contribution in [1.29, 1.82) is 5.26 Å². The van der Waals surface area contributed by atoms with Crippen molar-refractivity contribution in [3.05, 3.63) is 23.8 Å². The Hall–Kier alpha value is -2.36. The van der Waals surface area contributed by atoms with E-state index >= 15 is 0 Å². The van der Waals surface area contributed by atoms with E-state index in [1.165, 1.54) is 25.3 Å². The van der Waals surface area contributed by atoms with Crippen LogP contribution in [0.4, 0.5) is 8.78 Å². The summed E-state index contributed by atoms with van der Waals surface area (Å²) >= 11 is 0. The van der Waals surface area contributed by atoms with Gasteiger partial charge in [-0.25, -0.2) is 0 Å². The minimum atomic E-state index is -2.98. The van der Waals surface area contributed by atoms with Crippen LogP contribution in [-0.4, -0.2) is 25.2 Å². The minimum absolute atomic E-state index is 0.0348. The third kappa shape index (κ3) is 4.09. The molecule has 0 aliphatic heterocycles. The van der Waals surface area contributed by atoms with Gasteiger partial charge in [-0.2, -0.15) is 14.0 Å². The third-order valence-corrected chi connectivity index (χ3v) is 3.92. The minimum Gasteiger partial charge on any atom is -0.493 e. The molecule has 0 aromatic heterocycles. The van der Waals surface area contributed by atoms with Crippen LogP contribution in [0.15, 0.2) is 18.2 Å². The number of amides is 1. The number of nitrogens with zero attached hydrogens (tertiary/aromatic N) is 1. The number of carbonyl (C=O) groups is 1. The van der Waals surface area contributed by atoms with Crippen LogP contribution < -0.4 is 14.8 Å². The van der Waals surface area contributed by atoms with Crippen LogP contribution in [0, 0.1) is 11.3 Å². The molecule has 1 aliphatic carbocycles. The van der Waals surface area contributed by atoms with Gasteiger partial charge < -0.3 is 14.8 Å². The fourth-order valence-electron chi connectivity index (χ4n) is 2.71. The van der Waals surface area contributed by atoms with Gasteiger partial charge in [0.15, 0.2) is 11.5 Å². The van der Waals surface area contributed by atoms with Crippen molar-refractivity contribution in [2.45, 2.75) is 44.3 Å². The molecule has 1 amide bonds. The van der Waals surface area contributed by atoms with E-state index in [1.807, 2.05) is 0 Å².